The van der Waals surface area contributed by atoms with Gasteiger partial charge in [0.15, 0.2) is 0 Å². The predicted molar refractivity (Wildman–Crippen MR) is 74.6 cm³/mol. The zero-order valence-corrected chi connectivity index (χ0v) is 12.1. The molecule has 1 atom stereocenters. The summed E-state index contributed by atoms with van der Waals surface area (Å²) in [5.74, 6) is 0.543. The van der Waals surface area contributed by atoms with Crippen molar-refractivity contribution in [3.63, 3.8) is 0 Å². The van der Waals surface area contributed by atoms with Gasteiger partial charge in [-0.2, -0.15) is 0 Å². The third-order valence-corrected chi connectivity index (χ3v) is 3.70. The van der Waals surface area contributed by atoms with E-state index in [-0.39, 0.29) is 5.91 Å². The molecule has 0 aliphatic carbocycles. The molecular formula is C14H18BrNO2. The molecule has 2 rings (SSSR count). The molecule has 1 aliphatic heterocycles. The van der Waals surface area contributed by atoms with Crippen molar-refractivity contribution in [2.75, 3.05) is 26.8 Å². The molecule has 1 aromatic rings. The summed E-state index contributed by atoms with van der Waals surface area (Å²) in [4.78, 5) is 14.0. The summed E-state index contributed by atoms with van der Waals surface area (Å²) in [6.45, 7) is 2.40. The highest BCUT2D eigenvalue weighted by atomic mass is 79.9. The van der Waals surface area contributed by atoms with Gasteiger partial charge in [-0.05, 0) is 37.0 Å². The van der Waals surface area contributed by atoms with Gasteiger partial charge in [0.25, 0.3) is 5.91 Å². The molecule has 4 heteroatoms. The molecule has 0 saturated carbocycles. The number of carbonyl (C=O) groups excluding carboxylic acids is 1. The molecule has 0 spiro atoms. The van der Waals surface area contributed by atoms with Crippen LogP contribution in [-0.4, -0.2) is 37.6 Å². The number of hydrogen-bond donors (Lipinski definition) is 0. The summed E-state index contributed by atoms with van der Waals surface area (Å²) in [5.41, 5.74) is 0.726. The Morgan fingerprint density at radius 2 is 2.39 bits per heavy atom. The molecule has 1 amide bonds. The zero-order valence-electron chi connectivity index (χ0n) is 10.6. The third-order valence-electron chi connectivity index (χ3n) is 3.20. The molecule has 1 aliphatic rings. The van der Waals surface area contributed by atoms with E-state index in [9.17, 15) is 4.79 Å². The van der Waals surface area contributed by atoms with Crippen LogP contribution in [0, 0.1) is 5.92 Å². The Kier molecular flexibility index (Phi) is 4.78. The van der Waals surface area contributed by atoms with Crippen LogP contribution in [0.3, 0.4) is 0 Å². The van der Waals surface area contributed by atoms with Crippen LogP contribution in [0.1, 0.15) is 23.2 Å². The Bertz CT molecular complexity index is 416. The van der Waals surface area contributed by atoms with Crippen molar-refractivity contribution in [3.05, 3.63) is 34.3 Å². The summed E-state index contributed by atoms with van der Waals surface area (Å²) in [7, 11) is 1.86. The fourth-order valence-corrected chi connectivity index (χ4v) is 2.66. The molecule has 1 saturated heterocycles. The minimum Gasteiger partial charge on any atom is -0.381 e. The van der Waals surface area contributed by atoms with Gasteiger partial charge in [0.1, 0.15) is 0 Å². The highest BCUT2D eigenvalue weighted by Crippen LogP contribution is 2.17. The second-order valence-electron chi connectivity index (χ2n) is 4.78. The first-order valence-electron chi connectivity index (χ1n) is 6.25. The summed E-state index contributed by atoms with van der Waals surface area (Å²) >= 11 is 3.39. The minimum absolute atomic E-state index is 0.0712. The minimum atomic E-state index is 0.0712. The second-order valence-corrected chi connectivity index (χ2v) is 5.69. The van der Waals surface area contributed by atoms with Crippen LogP contribution in [0.5, 0.6) is 0 Å². The van der Waals surface area contributed by atoms with Gasteiger partial charge in [0.2, 0.25) is 0 Å². The van der Waals surface area contributed by atoms with E-state index in [0.717, 1.165) is 42.6 Å². The van der Waals surface area contributed by atoms with E-state index in [1.54, 1.807) is 4.90 Å². The number of halogens is 1. The van der Waals surface area contributed by atoms with Gasteiger partial charge in [-0.15, -0.1) is 0 Å². The fraction of sp³-hybridized carbons (Fsp3) is 0.500. The van der Waals surface area contributed by atoms with Crippen molar-refractivity contribution >= 4 is 21.8 Å². The van der Waals surface area contributed by atoms with Gasteiger partial charge < -0.3 is 9.64 Å². The number of amides is 1. The molecular weight excluding hydrogens is 294 g/mol. The van der Waals surface area contributed by atoms with E-state index in [1.807, 2.05) is 31.3 Å². The average Bonchev–Trinajstić information content (AvgIpc) is 2.39. The van der Waals surface area contributed by atoms with Crippen molar-refractivity contribution in [1.82, 2.24) is 4.90 Å². The van der Waals surface area contributed by atoms with E-state index in [2.05, 4.69) is 15.9 Å². The van der Waals surface area contributed by atoms with Crippen LogP contribution in [-0.2, 0) is 4.74 Å². The van der Waals surface area contributed by atoms with Crippen LogP contribution in [0.25, 0.3) is 0 Å². The number of benzene rings is 1. The summed E-state index contributed by atoms with van der Waals surface area (Å²) in [6, 6.07) is 7.51. The maximum absolute atomic E-state index is 12.2. The van der Waals surface area contributed by atoms with Crippen LogP contribution in [0.4, 0.5) is 0 Å². The van der Waals surface area contributed by atoms with E-state index >= 15 is 0 Å². The Hall–Kier alpha value is -0.870. The lowest BCUT2D eigenvalue weighted by molar-refractivity contribution is 0.0388. The molecule has 3 nitrogen and oxygen atoms in total. The molecule has 0 radical (unpaired) electrons. The summed E-state index contributed by atoms with van der Waals surface area (Å²) in [5, 5.41) is 0. The van der Waals surface area contributed by atoms with Crippen molar-refractivity contribution in [3.8, 4) is 0 Å². The quantitative estimate of drug-likeness (QED) is 0.859. The summed E-state index contributed by atoms with van der Waals surface area (Å²) in [6.07, 6.45) is 2.25. The lowest BCUT2D eigenvalue weighted by Crippen LogP contribution is -2.35. The van der Waals surface area contributed by atoms with Crippen LogP contribution in [0.2, 0.25) is 0 Å². The van der Waals surface area contributed by atoms with Crippen LogP contribution in [0.15, 0.2) is 28.7 Å². The standard InChI is InChI=1S/C14H18BrNO2/c1-16(9-11-4-3-7-18-10-11)14(17)12-5-2-6-13(15)8-12/h2,5-6,8,11H,3-4,7,9-10H2,1H3. The highest BCUT2D eigenvalue weighted by Gasteiger charge is 2.19. The van der Waals surface area contributed by atoms with E-state index < -0.39 is 0 Å². The highest BCUT2D eigenvalue weighted by molar-refractivity contribution is 9.10. The van der Waals surface area contributed by atoms with Crippen molar-refractivity contribution < 1.29 is 9.53 Å². The topological polar surface area (TPSA) is 29.5 Å². The lowest BCUT2D eigenvalue weighted by Gasteiger charge is -2.27. The largest absolute Gasteiger partial charge is 0.381 e. The van der Waals surface area contributed by atoms with Crippen LogP contribution < -0.4 is 0 Å². The van der Waals surface area contributed by atoms with E-state index in [4.69, 9.17) is 4.74 Å². The first kappa shape index (κ1) is 13.6. The zero-order chi connectivity index (χ0) is 13.0. The Morgan fingerprint density at radius 3 is 3.06 bits per heavy atom. The van der Waals surface area contributed by atoms with Gasteiger partial charge in [0, 0.05) is 30.2 Å². The van der Waals surface area contributed by atoms with Crippen molar-refractivity contribution in [2.24, 2.45) is 5.92 Å². The maximum atomic E-state index is 12.2. The average molecular weight is 312 g/mol. The van der Waals surface area contributed by atoms with Gasteiger partial charge in [-0.1, -0.05) is 22.0 Å². The van der Waals surface area contributed by atoms with Gasteiger partial charge in [-0.25, -0.2) is 0 Å². The van der Waals surface area contributed by atoms with Crippen LogP contribution >= 0.6 is 15.9 Å². The summed E-state index contributed by atoms with van der Waals surface area (Å²) < 4.78 is 6.38. The molecule has 1 unspecified atom stereocenters. The Balaban J connectivity index is 1.95. The predicted octanol–water partition coefficient (Wildman–Crippen LogP) is 2.95. The molecule has 1 aromatic carbocycles. The van der Waals surface area contributed by atoms with E-state index in [1.165, 1.54) is 0 Å². The fourth-order valence-electron chi connectivity index (χ4n) is 2.26. The maximum Gasteiger partial charge on any atom is 0.253 e. The molecule has 1 fully saturated rings. The number of carbonyl (C=O) groups is 1. The first-order chi connectivity index (χ1) is 8.66. The van der Waals surface area contributed by atoms with Crippen molar-refractivity contribution in [2.45, 2.75) is 12.8 Å². The third kappa shape index (κ3) is 3.56. The lowest BCUT2D eigenvalue weighted by atomic mass is 10.0. The van der Waals surface area contributed by atoms with Gasteiger partial charge in [-0.3, -0.25) is 4.79 Å². The van der Waals surface area contributed by atoms with Gasteiger partial charge in [0.05, 0.1) is 6.61 Å². The molecule has 98 valence electrons. The molecule has 1 heterocycles. The normalized spacial score (nSPS) is 19.6. The molecule has 0 bridgehead atoms. The number of ether oxygens (including phenoxy) is 1. The first-order valence-corrected chi connectivity index (χ1v) is 7.05. The second kappa shape index (κ2) is 6.34. The molecule has 18 heavy (non-hydrogen) atoms. The molecule has 0 N–H and O–H groups in total. The van der Waals surface area contributed by atoms with Crippen molar-refractivity contribution in [1.29, 1.82) is 0 Å². The Labute approximate surface area is 116 Å². The molecule has 0 aromatic heterocycles. The van der Waals surface area contributed by atoms with Gasteiger partial charge >= 0.3 is 0 Å². The number of rotatable bonds is 3. The monoisotopic (exact) mass is 311 g/mol. The number of nitrogens with zero attached hydrogens (tertiary/aromatic N) is 1. The smallest absolute Gasteiger partial charge is 0.253 e. The van der Waals surface area contributed by atoms with E-state index in [0.29, 0.717) is 5.92 Å². The SMILES string of the molecule is CN(CC1CCCOC1)C(=O)c1cccc(Br)c1. The Morgan fingerprint density at radius 1 is 1.56 bits per heavy atom. The number of hydrogen-bond acceptors (Lipinski definition) is 2.